The Balaban J connectivity index is 1.86. The smallest absolute Gasteiger partial charge is 0.0744 e. The second-order valence-corrected chi connectivity index (χ2v) is 6.31. The monoisotopic (exact) mass is 351 g/mol. The van der Waals surface area contributed by atoms with Crippen LogP contribution >= 0.6 is 27.7 Å². The van der Waals surface area contributed by atoms with Crippen LogP contribution in [0.1, 0.15) is 5.56 Å². The fraction of sp³-hybridized carbons (Fsp3) is 0.250. The minimum absolute atomic E-state index is 0.607. The molecule has 1 N–H and O–H groups in total. The zero-order valence-corrected chi connectivity index (χ0v) is 13.8. The Morgan fingerprint density at radius 3 is 2.65 bits per heavy atom. The molecule has 0 fully saturated rings. The summed E-state index contributed by atoms with van der Waals surface area (Å²) in [7, 11) is 1.72. The van der Waals surface area contributed by atoms with Gasteiger partial charge in [-0.25, -0.2) is 0 Å². The number of anilines is 1. The fourth-order valence-corrected chi connectivity index (χ4v) is 3.16. The van der Waals surface area contributed by atoms with Gasteiger partial charge >= 0.3 is 0 Å². The quantitative estimate of drug-likeness (QED) is 0.571. The lowest BCUT2D eigenvalue weighted by molar-refractivity contribution is 0.185. The fourth-order valence-electron chi connectivity index (χ4n) is 1.89. The number of rotatable bonds is 7. The molecular weight excluding hydrogens is 334 g/mol. The molecular formula is C16H18BrNOS. The molecule has 0 aliphatic heterocycles. The van der Waals surface area contributed by atoms with Crippen LogP contribution in [0.3, 0.4) is 0 Å². The van der Waals surface area contributed by atoms with Crippen LogP contribution in [-0.4, -0.2) is 19.4 Å². The maximum atomic E-state index is 5.25. The van der Waals surface area contributed by atoms with Gasteiger partial charge < -0.3 is 10.1 Å². The van der Waals surface area contributed by atoms with Crippen LogP contribution in [0.4, 0.5) is 5.69 Å². The molecule has 2 nitrogen and oxygen atoms in total. The van der Waals surface area contributed by atoms with E-state index in [9.17, 15) is 0 Å². The summed E-state index contributed by atoms with van der Waals surface area (Å²) < 4.78 is 6.33. The van der Waals surface area contributed by atoms with E-state index in [0.29, 0.717) is 6.61 Å². The van der Waals surface area contributed by atoms with Crippen LogP contribution in [0, 0.1) is 0 Å². The SMILES string of the molecule is COCc1c(Br)cccc1NCCSc1ccccc1. The molecule has 2 aromatic carbocycles. The average Bonchev–Trinajstić information content (AvgIpc) is 2.48. The van der Waals surface area contributed by atoms with Crippen molar-refractivity contribution in [2.45, 2.75) is 11.5 Å². The molecule has 0 unspecified atom stereocenters. The molecule has 0 saturated carbocycles. The van der Waals surface area contributed by atoms with Gasteiger partial charge in [-0.3, -0.25) is 0 Å². The van der Waals surface area contributed by atoms with Gasteiger partial charge in [0.2, 0.25) is 0 Å². The van der Waals surface area contributed by atoms with Crippen LogP contribution in [0.2, 0.25) is 0 Å². The highest BCUT2D eigenvalue weighted by atomic mass is 79.9. The van der Waals surface area contributed by atoms with Gasteiger partial charge in [0.15, 0.2) is 0 Å². The van der Waals surface area contributed by atoms with E-state index >= 15 is 0 Å². The van der Waals surface area contributed by atoms with E-state index in [1.807, 2.05) is 30.0 Å². The summed E-state index contributed by atoms with van der Waals surface area (Å²) in [6.07, 6.45) is 0. The molecule has 2 aromatic rings. The Morgan fingerprint density at radius 1 is 1.10 bits per heavy atom. The Morgan fingerprint density at radius 2 is 1.90 bits per heavy atom. The minimum atomic E-state index is 0.607. The first-order chi connectivity index (χ1) is 9.81. The van der Waals surface area contributed by atoms with E-state index in [4.69, 9.17) is 4.74 Å². The average molecular weight is 352 g/mol. The number of methoxy groups -OCH3 is 1. The molecule has 0 aliphatic rings. The largest absolute Gasteiger partial charge is 0.384 e. The van der Waals surface area contributed by atoms with E-state index in [0.717, 1.165) is 22.5 Å². The van der Waals surface area contributed by atoms with Crippen LogP contribution in [0.25, 0.3) is 0 Å². The van der Waals surface area contributed by atoms with Crippen molar-refractivity contribution in [1.82, 2.24) is 0 Å². The maximum Gasteiger partial charge on any atom is 0.0744 e. The lowest BCUT2D eigenvalue weighted by Gasteiger charge is -2.13. The van der Waals surface area contributed by atoms with Gasteiger partial charge in [0, 0.05) is 40.0 Å². The highest BCUT2D eigenvalue weighted by Crippen LogP contribution is 2.25. The van der Waals surface area contributed by atoms with Gasteiger partial charge in [0.05, 0.1) is 6.61 Å². The van der Waals surface area contributed by atoms with Crippen molar-refractivity contribution < 1.29 is 4.74 Å². The molecule has 0 atom stereocenters. The zero-order valence-electron chi connectivity index (χ0n) is 11.4. The van der Waals surface area contributed by atoms with Crippen molar-refractivity contribution in [2.75, 3.05) is 24.7 Å². The number of hydrogen-bond donors (Lipinski definition) is 1. The van der Waals surface area contributed by atoms with Crippen LogP contribution in [-0.2, 0) is 11.3 Å². The summed E-state index contributed by atoms with van der Waals surface area (Å²) in [5, 5.41) is 3.48. The predicted octanol–water partition coefficient (Wildman–Crippen LogP) is 4.80. The Labute approximate surface area is 133 Å². The summed E-state index contributed by atoms with van der Waals surface area (Å²) in [6, 6.07) is 16.6. The summed E-state index contributed by atoms with van der Waals surface area (Å²) in [5.74, 6) is 1.03. The van der Waals surface area contributed by atoms with Crippen molar-refractivity contribution in [1.29, 1.82) is 0 Å². The number of hydrogen-bond acceptors (Lipinski definition) is 3. The third kappa shape index (κ3) is 4.54. The van der Waals surface area contributed by atoms with Gasteiger partial charge in [0.1, 0.15) is 0 Å². The Kier molecular flexibility index (Phi) is 6.43. The predicted molar refractivity (Wildman–Crippen MR) is 90.5 cm³/mol. The van der Waals surface area contributed by atoms with Crippen molar-refractivity contribution in [3.63, 3.8) is 0 Å². The maximum absolute atomic E-state index is 5.25. The van der Waals surface area contributed by atoms with Crippen molar-refractivity contribution in [2.24, 2.45) is 0 Å². The molecule has 0 aromatic heterocycles. The first-order valence-corrected chi connectivity index (χ1v) is 8.27. The van der Waals surface area contributed by atoms with E-state index in [1.165, 1.54) is 10.5 Å². The van der Waals surface area contributed by atoms with E-state index in [-0.39, 0.29) is 0 Å². The molecule has 0 spiro atoms. The van der Waals surface area contributed by atoms with Gasteiger partial charge in [-0.05, 0) is 24.3 Å². The first-order valence-electron chi connectivity index (χ1n) is 6.49. The topological polar surface area (TPSA) is 21.3 Å². The van der Waals surface area contributed by atoms with Crippen LogP contribution < -0.4 is 5.32 Å². The molecule has 4 heteroatoms. The molecule has 2 rings (SSSR count). The number of halogens is 1. The van der Waals surface area contributed by atoms with Crippen molar-refractivity contribution >= 4 is 33.4 Å². The molecule has 0 saturated heterocycles. The summed E-state index contributed by atoms with van der Waals surface area (Å²) in [4.78, 5) is 1.31. The van der Waals surface area contributed by atoms with Gasteiger partial charge in [-0.2, -0.15) is 0 Å². The Hall–Kier alpha value is -0.970. The minimum Gasteiger partial charge on any atom is -0.384 e. The standard InChI is InChI=1S/C16H18BrNOS/c1-19-12-14-15(17)8-5-9-16(14)18-10-11-20-13-6-3-2-4-7-13/h2-9,18H,10-12H2,1H3. The van der Waals surface area contributed by atoms with E-state index < -0.39 is 0 Å². The summed E-state index contributed by atoms with van der Waals surface area (Å²) >= 11 is 5.43. The van der Waals surface area contributed by atoms with E-state index in [1.54, 1.807) is 7.11 Å². The van der Waals surface area contributed by atoms with Gasteiger partial charge in [-0.15, -0.1) is 11.8 Å². The van der Waals surface area contributed by atoms with Crippen LogP contribution in [0.15, 0.2) is 57.9 Å². The number of nitrogens with one attached hydrogen (secondary N) is 1. The molecule has 0 aliphatic carbocycles. The normalized spacial score (nSPS) is 10.5. The second kappa shape index (κ2) is 8.35. The van der Waals surface area contributed by atoms with Gasteiger partial charge in [0.25, 0.3) is 0 Å². The molecule has 20 heavy (non-hydrogen) atoms. The summed E-state index contributed by atoms with van der Waals surface area (Å²) in [6.45, 7) is 1.53. The molecule has 0 bridgehead atoms. The molecule has 0 radical (unpaired) electrons. The lowest BCUT2D eigenvalue weighted by atomic mass is 10.2. The summed E-state index contributed by atoms with van der Waals surface area (Å²) in [5.41, 5.74) is 2.30. The Bertz CT molecular complexity index is 533. The van der Waals surface area contributed by atoms with Gasteiger partial charge in [-0.1, -0.05) is 40.2 Å². The third-order valence-electron chi connectivity index (χ3n) is 2.84. The van der Waals surface area contributed by atoms with Crippen LogP contribution in [0.5, 0.6) is 0 Å². The van der Waals surface area contributed by atoms with E-state index in [2.05, 4.69) is 51.6 Å². The molecule has 0 heterocycles. The molecule has 0 amide bonds. The van der Waals surface area contributed by atoms with Crippen molar-refractivity contribution in [3.8, 4) is 0 Å². The number of benzene rings is 2. The lowest BCUT2D eigenvalue weighted by Crippen LogP contribution is -2.07. The highest BCUT2D eigenvalue weighted by Gasteiger charge is 2.05. The highest BCUT2D eigenvalue weighted by molar-refractivity contribution is 9.10. The van der Waals surface area contributed by atoms with Crippen molar-refractivity contribution in [3.05, 3.63) is 58.6 Å². The number of ether oxygens (including phenoxy) is 1. The second-order valence-electron chi connectivity index (χ2n) is 4.29. The number of thioether (sulfide) groups is 1. The first kappa shape index (κ1) is 15.4. The zero-order chi connectivity index (χ0) is 14.2. The molecule has 106 valence electrons. The third-order valence-corrected chi connectivity index (χ3v) is 4.59.